The molecule has 24 heavy (non-hydrogen) atoms. The summed E-state index contributed by atoms with van der Waals surface area (Å²) in [6.45, 7) is 4.30. The second kappa shape index (κ2) is 10.2. The number of aromatic nitrogens is 2. The molecule has 1 aromatic rings. The normalized spacial score (nSPS) is 22.2. The molecule has 5 nitrogen and oxygen atoms in total. The first-order chi connectivity index (χ1) is 11.6. The minimum absolute atomic E-state index is 0.0472. The van der Waals surface area contributed by atoms with Gasteiger partial charge in [-0.3, -0.25) is 9.00 Å². The van der Waals surface area contributed by atoms with E-state index >= 15 is 0 Å². The Kier molecular flexibility index (Phi) is 8.32. The van der Waals surface area contributed by atoms with Crippen LogP contribution in [0.15, 0.2) is 4.34 Å². The molecule has 1 saturated carbocycles. The number of anilines is 1. The van der Waals surface area contributed by atoms with E-state index in [2.05, 4.69) is 29.4 Å². The van der Waals surface area contributed by atoms with Gasteiger partial charge in [-0.05, 0) is 38.0 Å². The Balaban J connectivity index is 1.79. The monoisotopic (exact) mass is 371 g/mol. The van der Waals surface area contributed by atoms with Crippen LogP contribution in [0.5, 0.6) is 0 Å². The minimum atomic E-state index is -1.10. The Hall–Kier alpha value is -0.820. The van der Waals surface area contributed by atoms with Crippen LogP contribution in [0.4, 0.5) is 5.13 Å². The molecule has 0 aliphatic heterocycles. The van der Waals surface area contributed by atoms with Crippen LogP contribution in [-0.2, 0) is 15.6 Å². The van der Waals surface area contributed by atoms with Gasteiger partial charge in [0, 0.05) is 11.7 Å². The fourth-order valence-electron chi connectivity index (χ4n) is 3.13. The summed E-state index contributed by atoms with van der Waals surface area (Å²) >= 11 is 1.24. The lowest BCUT2D eigenvalue weighted by molar-refractivity contribution is -0.121. The molecule has 1 amide bonds. The third-order valence-corrected chi connectivity index (χ3v) is 7.27. The number of hydrogen-bond acceptors (Lipinski definition) is 5. The standard InChI is InChI=1S/C17H29N3O2S2/c1-3-5-7-13-8-10-14(11-9-13)15(21)18-16-19-20-17(23-16)24(22)12-6-4-2/h13-14H,3-12H2,1-2H3,(H,18,19,21)/t13?,14?,24-/m1/s1. The Morgan fingerprint density at radius 3 is 2.54 bits per heavy atom. The van der Waals surface area contributed by atoms with E-state index in [0.29, 0.717) is 15.2 Å². The van der Waals surface area contributed by atoms with E-state index in [0.717, 1.165) is 44.4 Å². The molecule has 1 aliphatic carbocycles. The molecule has 0 bridgehead atoms. The zero-order valence-electron chi connectivity index (χ0n) is 14.8. The summed E-state index contributed by atoms with van der Waals surface area (Å²) < 4.78 is 12.5. The zero-order chi connectivity index (χ0) is 17.4. The van der Waals surface area contributed by atoms with Crippen LogP contribution >= 0.6 is 11.3 Å². The van der Waals surface area contributed by atoms with Crippen LogP contribution in [0.3, 0.4) is 0 Å². The Morgan fingerprint density at radius 1 is 1.17 bits per heavy atom. The predicted octanol–water partition coefficient (Wildman–Crippen LogP) is 4.38. The van der Waals surface area contributed by atoms with Crippen molar-refractivity contribution in [2.45, 2.75) is 76.0 Å². The number of rotatable bonds is 9. The van der Waals surface area contributed by atoms with Crippen LogP contribution in [0, 0.1) is 11.8 Å². The maximum absolute atomic E-state index is 12.4. The van der Waals surface area contributed by atoms with Crippen molar-refractivity contribution in [2.75, 3.05) is 11.1 Å². The van der Waals surface area contributed by atoms with Crippen LogP contribution in [-0.4, -0.2) is 26.1 Å². The molecule has 0 unspecified atom stereocenters. The number of amides is 1. The molecule has 0 radical (unpaired) electrons. The number of nitrogens with zero attached hydrogens (tertiary/aromatic N) is 2. The molecule has 1 fully saturated rings. The number of nitrogens with one attached hydrogen (secondary N) is 1. The van der Waals surface area contributed by atoms with Gasteiger partial charge in [0.2, 0.25) is 15.4 Å². The van der Waals surface area contributed by atoms with E-state index in [1.54, 1.807) is 0 Å². The van der Waals surface area contributed by atoms with Gasteiger partial charge >= 0.3 is 0 Å². The third kappa shape index (κ3) is 5.92. The van der Waals surface area contributed by atoms with Crippen molar-refractivity contribution in [1.82, 2.24) is 10.2 Å². The van der Waals surface area contributed by atoms with Crippen molar-refractivity contribution in [3.05, 3.63) is 0 Å². The Morgan fingerprint density at radius 2 is 1.88 bits per heavy atom. The summed E-state index contributed by atoms with van der Waals surface area (Å²) in [6, 6.07) is 0. The molecule has 0 spiro atoms. The number of carbonyl (C=O) groups excluding carboxylic acids is 1. The number of hydrogen-bond donors (Lipinski definition) is 1. The van der Waals surface area contributed by atoms with Crippen molar-refractivity contribution in [3.8, 4) is 0 Å². The summed E-state index contributed by atoms with van der Waals surface area (Å²) in [7, 11) is -1.10. The minimum Gasteiger partial charge on any atom is -0.300 e. The summed E-state index contributed by atoms with van der Waals surface area (Å²) in [5.74, 6) is 1.54. The van der Waals surface area contributed by atoms with Gasteiger partial charge < -0.3 is 5.32 Å². The first-order valence-electron chi connectivity index (χ1n) is 9.16. The largest absolute Gasteiger partial charge is 0.300 e. The molecule has 1 atom stereocenters. The maximum atomic E-state index is 12.4. The summed E-state index contributed by atoms with van der Waals surface area (Å²) in [6.07, 6.45) is 10.0. The van der Waals surface area contributed by atoms with Crippen LogP contribution in [0.1, 0.15) is 71.6 Å². The lowest BCUT2D eigenvalue weighted by atomic mass is 9.79. The first kappa shape index (κ1) is 19.5. The first-order valence-corrected chi connectivity index (χ1v) is 11.3. The predicted molar refractivity (Wildman–Crippen MR) is 99.7 cm³/mol. The van der Waals surface area contributed by atoms with Gasteiger partial charge in [0.25, 0.3) is 0 Å². The molecule has 7 heteroatoms. The van der Waals surface area contributed by atoms with E-state index < -0.39 is 10.8 Å². The fraction of sp³-hybridized carbons (Fsp3) is 0.824. The quantitative estimate of drug-likeness (QED) is 0.654. The molecular weight excluding hydrogens is 342 g/mol. The van der Waals surface area contributed by atoms with E-state index in [1.807, 2.05) is 0 Å². The molecule has 0 saturated heterocycles. The van der Waals surface area contributed by atoms with Gasteiger partial charge in [-0.25, -0.2) is 0 Å². The smallest absolute Gasteiger partial charge is 0.229 e. The third-order valence-electron chi connectivity index (χ3n) is 4.70. The average molecular weight is 372 g/mol. The fourth-order valence-corrected chi connectivity index (χ4v) is 5.32. The maximum Gasteiger partial charge on any atom is 0.229 e. The number of unbranched alkanes of at least 4 members (excludes halogenated alkanes) is 2. The van der Waals surface area contributed by atoms with Crippen molar-refractivity contribution >= 4 is 33.2 Å². The van der Waals surface area contributed by atoms with Gasteiger partial charge in [0.1, 0.15) is 0 Å². The highest BCUT2D eigenvalue weighted by molar-refractivity contribution is 7.87. The Labute approximate surface area is 151 Å². The van der Waals surface area contributed by atoms with Gasteiger partial charge in [-0.15, -0.1) is 10.2 Å². The lowest BCUT2D eigenvalue weighted by Gasteiger charge is -2.27. The van der Waals surface area contributed by atoms with Crippen LogP contribution in [0.2, 0.25) is 0 Å². The Bertz CT molecular complexity index is 540. The van der Waals surface area contributed by atoms with Crippen molar-refractivity contribution in [1.29, 1.82) is 0 Å². The van der Waals surface area contributed by atoms with Crippen LogP contribution in [0.25, 0.3) is 0 Å². The average Bonchev–Trinajstić information content (AvgIpc) is 3.06. The molecule has 0 aromatic carbocycles. The van der Waals surface area contributed by atoms with Crippen molar-refractivity contribution < 1.29 is 9.00 Å². The molecule has 1 aliphatic rings. The van der Waals surface area contributed by atoms with Crippen molar-refractivity contribution in [3.63, 3.8) is 0 Å². The number of carbonyl (C=O) groups is 1. The second-order valence-electron chi connectivity index (χ2n) is 6.63. The topological polar surface area (TPSA) is 72.0 Å². The molecule has 2 rings (SSSR count). The SMILES string of the molecule is CCCCC1CCC(C(=O)Nc2nnc([S@](=O)CCCC)s2)CC1. The summed E-state index contributed by atoms with van der Waals surface area (Å²) in [4.78, 5) is 12.4. The highest BCUT2D eigenvalue weighted by Crippen LogP contribution is 2.32. The van der Waals surface area contributed by atoms with Gasteiger partial charge in [-0.2, -0.15) is 0 Å². The van der Waals surface area contributed by atoms with E-state index in [1.165, 1.54) is 30.6 Å². The lowest BCUT2D eigenvalue weighted by Crippen LogP contribution is -2.27. The summed E-state index contributed by atoms with van der Waals surface area (Å²) in [5.41, 5.74) is 0. The van der Waals surface area contributed by atoms with Gasteiger partial charge in [-0.1, -0.05) is 50.9 Å². The molecule has 1 N–H and O–H groups in total. The summed E-state index contributed by atoms with van der Waals surface area (Å²) in [5, 5.41) is 11.3. The van der Waals surface area contributed by atoms with Gasteiger partial charge in [0.05, 0.1) is 10.8 Å². The zero-order valence-corrected chi connectivity index (χ0v) is 16.4. The van der Waals surface area contributed by atoms with E-state index in [9.17, 15) is 9.00 Å². The van der Waals surface area contributed by atoms with Crippen LogP contribution < -0.4 is 5.32 Å². The second-order valence-corrected chi connectivity index (χ2v) is 9.35. The van der Waals surface area contributed by atoms with Crippen molar-refractivity contribution in [2.24, 2.45) is 11.8 Å². The molecular formula is C17H29N3O2S2. The highest BCUT2D eigenvalue weighted by Gasteiger charge is 2.26. The van der Waals surface area contributed by atoms with Gasteiger partial charge in [0.15, 0.2) is 0 Å². The van der Waals surface area contributed by atoms with E-state index in [4.69, 9.17) is 0 Å². The molecule has 136 valence electrons. The molecule has 1 heterocycles. The highest BCUT2D eigenvalue weighted by atomic mass is 32.2. The van der Waals surface area contributed by atoms with E-state index in [-0.39, 0.29) is 11.8 Å². The molecule has 1 aromatic heterocycles.